The Bertz CT molecular complexity index is 1500. The third-order valence-electron chi connectivity index (χ3n) is 6.11. The lowest BCUT2D eigenvalue weighted by molar-refractivity contribution is -0.113. The predicted molar refractivity (Wildman–Crippen MR) is 140 cm³/mol. The van der Waals surface area contributed by atoms with Gasteiger partial charge in [0.25, 0.3) is 5.91 Å². The summed E-state index contributed by atoms with van der Waals surface area (Å²) in [6, 6.07) is 27.1. The molecule has 0 radical (unpaired) electrons. The number of carbonyl (C=O) groups is 2. The fourth-order valence-corrected chi connectivity index (χ4v) is 5.35. The minimum atomic E-state index is -0.252. The highest BCUT2D eigenvalue weighted by atomic mass is 32.2. The van der Waals surface area contributed by atoms with E-state index in [9.17, 15) is 9.59 Å². The van der Waals surface area contributed by atoms with Crippen LogP contribution in [0.15, 0.2) is 106 Å². The molecule has 1 aromatic heterocycles. The molecule has 1 aliphatic heterocycles. The lowest BCUT2D eigenvalue weighted by Crippen LogP contribution is -2.30. The summed E-state index contributed by atoms with van der Waals surface area (Å²) in [4.78, 5) is 32.4. The Morgan fingerprint density at radius 1 is 0.943 bits per heavy atom. The van der Waals surface area contributed by atoms with Crippen molar-refractivity contribution in [3.05, 3.63) is 119 Å². The molecule has 3 aromatic carbocycles. The molecule has 35 heavy (non-hydrogen) atoms. The van der Waals surface area contributed by atoms with E-state index in [1.54, 1.807) is 29.4 Å². The highest BCUT2D eigenvalue weighted by Crippen LogP contribution is 2.37. The van der Waals surface area contributed by atoms with Crippen LogP contribution in [-0.4, -0.2) is 22.6 Å². The Labute approximate surface area is 206 Å². The van der Waals surface area contributed by atoms with Gasteiger partial charge in [0, 0.05) is 11.6 Å². The summed E-state index contributed by atoms with van der Waals surface area (Å²) in [7, 11) is 0. The molecule has 5 nitrogen and oxygen atoms in total. The molecule has 4 aromatic rings. The zero-order chi connectivity index (χ0) is 23.8. The molecule has 0 bridgehead atoms. The number of fused-ring (bicyclic) bond motifs is 3. The molecule has 0 spiro atoms. The molecule has 2 aliphatic rings. The number of para-hydroxylation sites is 1. The summed E-state index contributed by atoms with van der Waals surface area (Å²) < 4.78 is 5.36. The number of thioether (sulfide) groups is 1. The smallest absolute Gasteiger partial charge is 0.283 e. The van der Waals surface area contributed by atoms with Gasteiger partial charge < -0.3 is 4.42 Å². The maximum absolute atomic E-state index is 13.2. The molecule has 1 amide bonds. The number of ketones is 1. The average molecular weight is 477 g/mol. The predicted octanol–water partition coefficient (Wildman–Crippen LogP) is 6.21. The number of anilines is 1. The number of nitrogens with zero attached hydrogens (tertiary/aromatic N) is 2. The van der Waals surface area contributed by atoms with E-state index in [1.807, 2.05) is 60.7 Å². The molecule has 0 saturated heterocycles. The van der Waals surface area contributed by atoms with Crippen molar-refractivity contribution in [3.63, 3.8) is 0 Å². The van der Waals surface area contributed by atoms with Gasteiger partial charge in [-0.25, -0.2) is 4.99 Å². The summed E-state index contributed by atoms with van der Waals surface area (Å²) in [6.45, 7) is 0. The Hall–Kier alpha value is -4.16. The summed E-state index contributed by atoms with van der Waals surface area (Å²) in [6.07, 6.45) is 4.00. The van der Waals surface area contributed by atoms with Crippen molar-refractivity contribution < 1.29 is 14.0 Å². The standard InChI is InChI=1S/C29H20N2O3S/c32-27(20-12-13-25-21(16-20)15-19-7-4-5-11-24(19)25)18-35-29-30-26(17-23-10-6-14-34-23)28(33)31(29)22-8-2-1-3-9-22/h1-14,16-17H,15,18H2. The number of Topliss-reactive ketones (excluding diaryl/α,β-unsaturated/α-hetero) is 1. The molecular formula is C29H20N2O3S. The van der Waals surface area contributed by atoms with E-state index in [-0.39, 0.29) is 23.1 Å². The molecule has 6 heteroatoms. The second-order valence-corrected chi connectivity index (χ2v) is 9.28. The van der Waals surface area contributed by atoms with Crippen LogP contribution in [0.4, 0.5) is 5.69 Å². The Morgan fingerprint density at radius 2 is 1.74 bits per heavy atom. The quantitative estimate of drug-likeness (QED) is 0.223. The van der Waals surface area contributed by atoms with Crippen LogP contribution in [0.3, 0.4) is 0 Å². The lowest BCUT2D eigenvalue weighted by Gasteiger charge is -2.17. The molecule has 0 unspecified atom stereocenters. The largest absolute Gasteiger partial charge is 0.465 e. The van der Waals surface area contributed by atoms with Gasteiger partial charge in [-0.05, 0) is 59.0 Å². The van der Waals surface area contributed by atoms with Gasteiger partial charge in [0.05, 0.1) is 17.7 Å². The summed E-state index contributed by atoms with van der Waals surface area (Å²) in [5, 5.41) is 0.473. The Balaban J connectivity index is 1.24. The minimum Gasteiger partial charge on any atom is -0.465 e. The molecule has 6 rings (SSSR count). The molecule has 1 aliphatic carbocycles. The summed E-state index contributed by atoms with van der Waals surface area (Å²) in [5.74, 6) is 0.472. The SMILES string of the molecule is O=C(CSC1=NC(=Cc2ccco2)C(=O)N1c1ccccc1)c1ccc2c(c1)Cc1ccccc1-2. The van der Waals surface area contributed by atoms with E-state index in [2.05, 4.69) is 17.1 Å². The number of amidine groups is 1. The van der Waals surface area contributed by atoms with Crippen molar-refractivity contribution in [3.8, 4) is 11.1 Å². The van der Waals surface area contributed by atoms with E-state index in [4.69, 9.17) is 4.42 Å². The number of rotatable bonds is 5. The monoisotopic (exact) mass is 476 g/mol. The van der Waals surface area contributed by atoms with Crippen LogP contribution in [-0.2, 0) is 11.2 Å². The van der Waals surface area contributed by atoms with Crippen LogP contribution in [0.25, 0.3) is 17.2 Å². The molecular weight excluding hydrogens is 456 g/mol. The highest BCUT2D eigenvalue weighted by molar-refractivity contribution is 8.14. The van der Waals surface area contributed by atoms with Gasteiger partial charge in [-0.15, -0.1) is 0 Å². The third kappa shape index (κ3) is 4.02. The van der Waals surface area contributed by atoms with Crippen LogP contribution in [0.1, 0.15) is 27.2 Å². The van der Waals surface area contributed by atoms with Crippen molar-refractivity contribution in [2.24, 2.45) is 4.99 Å². The van der Waals surface area contributed by atoms with Crippen molar-refractivity contribution in [2.75, 3.05) is 10.7 Å². The first-order valence-corrected chi connectivity index (χ1v) is 12.3. The van der Waals surface area contributed by atoms with E-state index in [0.29, 0.717) is 22.2 Å². The number of amides is 1. The van der Waals surface area contributed by atoms with E-state index < -0.39 is 0 Å². The molecule has 170 valence electrons. The van der Waals surface area contributed by atoms with E-state index in [1.165, 1.54) is 34.0 Å². The second-order valence-electron chi connectivity index (χ2n) is 8.33. The highest BCUT2D eigenvalue weighted by Gasteiger charge is 2.32. The summed E-state index contributed by atoms with van der Waals surface area (Å²) >= 11 is 1.26. The average Bonchev–Trinajstić information content (AvgIpc) is 3.61. The third-order valence-corrected chi connectivity index (χ3v) is 7.05. The number of carbonyl (C=O) groups excluding carboxylic acids is 2. The van der Waals surface area contributed by atoms with Crippen LogP contribution >= 0.6 is 11.8 Å². The zero-order valence-electron chi connectivity index (χ0n) is 18.7. The fraction of sp³-hybridized carbons (Fsp3) is 0.0690. The number of benzene rings is 3. The first kappa shape index (κ1) is 21.4. The van der Waals surface area contributed by atoms with E-state index in [0.717, 1.165) is 6.42 Å². The van der Waals surface area contributed by atoms with Crippen LogP contribution < -0.4 is 4.90 Å². The normalized spacial score (nSPS) is 15.3. The van der Waals surface area contributed by atoms with Gasteiger partial charge in [0.1, 0.15) is 11.5 Å². The lowest BCUT2D eigenvalue weighted by atomic mass is 10.0. The van der Waals surface area contributed by atoms with Crippen LogP contribution in [0.2, 0.25) is 0 Å². The molecule has 0 fully saturated rings. The maximum atomic E-state index is 13.2. The topological polar surface area (TPSA) is 62.9 Å². The Kier molecular flexibility index (Phi) is 5.43. The molecule has 0 atom stereocenters. The van der Waals surface area contributed by atoms with Crippen molar-refractivity contribution >= 4 is 40.4 Å². The van der Waals surface area contributed by atoms with Crippen molar-refractivity contribution in [1.29, 1.82) is 0 Å². The number of aliphatic imine (C=N–C) groups is 1. The molecule has 2 heterocycles. The van der Waals surface area contributed by atoms with Gasteiger partial charge in [-0.2, -0.15) is 0 Å². The van der Waals surface area contributed by atoms with Crippen LogP contribution in [0.5, 0.6) is 0 Å². The molecule has 0 saturated carbocycles. The first-order chi connectivity index (χ1) is 17.2. The number of furan rings is 1. The van der Waals surface area contributed by atoms with Crippen molar-refractivity contribution in [1.82, 2.24) is 0 Å². The zero-order valence-corrected chi connectivity index (χ0v) is 19.5. The minimum absolute atomic E-state index is 0.000353. The number of hydrogen-bond acceptors (Lipinski definition) is 5. The second kappa shape index (κ2) is 8.89. The van der Waals surface area contributed by atoms with Gasteiger partial charge in [-0.3, -0.25) is 14.5 Å². The molecule has 0 N–H and O–H groups in total. The van der Waals surface area contributed by atoms with E-state index >= 15 is 0 Å². The first-order valence-electron chi connectivity index (χ1n) is 11.3. The summed E-state index contributed by atoms with van der Waals surface area (Å²) in [5.41, 5.74) is 6.54. The van der Waals surface area contributed by atoms with Gasteiger partial charge in [0.15, 0.2) is 11.0 Å². The maximum Gasteiger partial charge on any atom is 0.283 e. The fourth-order valence-electron chi connectivity index (χ4n) is 4.44. The van der Waals surface area contributed by atoms with Gasteiger partial charge in [-0.1, -0.05) is 66.4 Å². The Morgan fingerprint density at radius 3 is 2.57 bits per heavy atom. The number of hydrogen-bond donors (Lipinski definition) is 0. The van der Waals surface area contributed by atoms with Gasteiger partial charge >= 0.3 is 0 Å². The van der Waals surface area contributed by atoms with Crippen LogP contribution in [0, 0.1) is 0 Å². The van der Waals surface area contributed by atoms with Crippen molar-refractivity contribution in [2.45, 2.75) is 6.42 Å². The van der Waals surface area contributed by atoms with Gasteiger partial charge in [0.2, 0.25) is 0 Å².